The molecule has 0 radical (unpaired) electrons. The number of thiazole rings is 1. The second-order valence-corrected chi connectivity index (χ2v) is 11.2. The van der Waals surface area contributed by atoms with E-state index in [0.29, 0.717) is 22.6 Å². The maximum Gasteiger partial charge on any atom is 0.257 e. The van der Waals surface area contributed by atoms with Crippen LogP contribution >= 0.6 is 45.9 Å². The number of carbonyl (C=O) groups is 1. The van der Waals surface area contributed by atoms with Gasteiger partial charge in [0.2, 0.25) is 10.0 Å². The van der Waals surface area contributed by atoms with Crippen molar-refractivity contribution in [2.24, 2.45) is 0 Å². The van der Waals surface area contributed by atoms with Gasteiger partial charge in [-0.3, -0.25) is 10.1 Å². The molecule has 29 heavy (non-hydrogen) atoms. The number of rotatable bonds is 5. The van der Waals surface area contributed by atoms with Crippen LogP contribution in [0.1, 0.15) is 23.2 Å². The Morgan fingerprint density at radius 1 is 1.14 bits per heavy atom. The van der Waals surface area contributed by atoms with Crippen LogP contribution in [0.3, 0.4) is 0 Å². The smallest absolute Gasteiger partial charge is 0.257 e. The SMILES string of the molecule is O=C(Nc1nc(-c2ccc(Cl)s2)cs1)c1ccc(Cl)c(S(=O)(=O)N2CCCC2)c1. The number of hydrogen-bond donors (Lipinski definition) is 1. The summed E-state index contributed by atoms with van der Waals surface area (Å²) in [7, 11) is -3.73. The van der Waals surface area contributed by atoms with Gasteiger partial charge in [-0.15, -0.1) is 22.7 Å². The normalized spacial score (nSPS) is 15.0. The molecule has 152 valence electrons. The van der Waals surface area contributed by atoms with Crippen LogP contribution in [0, 0.1) is 0 Å². The summed E-state index contributed by atoms with van der Waals surface area (Å²) in [5.41, 5.74) is 0.915. The Labute approximate surface area is 186 Å². The van der Waals surface area contributed by atoms with E-state index in [0.717, 1.165) is 23.4 Å². The number of hydrogen-bond acceptors (Lipinski definition) is 6. The number of benzene rings is 1. The minimum Gasteiger partial charge on any atom is -0.298 e. The number of sulfonamides is 1. The first-order valence-electron chi connectivity index (χ1n) is 8.67. The van der Waals surface area contributed by atoms with E-state index >= 15 is 0 Å². The third-order valence-electron chi connectivity index (χ3n) is 4.43. The molecule has 1 saturated heterocycles. The molecule has 0 aliphatic carbocycles. The second kappa shape index (κ2) is 8.33. The molecule has 6 nitrogen and oxygen atoms in total. The van der Waals surface area contributed by atoms with Gasteiger partial charge in [0.1, 0.15) is 4.90 Å². The van der Waals surface area contributed by atoms with Gasteiger partial charge >= 0.3 is 0 Å². The lowest BCUT2D eigenvalue weighted by Gasteiger charge is -2.17. The number of aromatic nitrogens is 1. The fourth-order valence-corrected chi connectivity index (χ4v) is 6.78. The molecular formula is C18H15Cl2N3O3S3. The highest BCUT2D eigenvalue weighted by atomic mass is 35.5. The van der Waals surface area contributed by atoms with E-state index in [9.17, 15) is 13.2 Å². The van der Waals surface area contributed by atoms with Crippen molar-refractivity contribution in [2.75, 3.05) is 18.4 Å². The molecule has 0 atom stereocenters. The number of thiophene rings is 1. The topological polar surface area (TPSA) is 79.4 Å². The largest absolute Gasteiger partial charge is 0.298 e. The van der Waals surface area contributed by atoms with Gasteiger partial charge in [-0.1, -0.05) is 23.2 Å². The summed E-state index contributed by atoms with van der Waals surface area (Å²) in [5.74, 6) is -0.454. The fraction of sp³-hybridized carbons (Fsp3) is 0.222. The van der Waals surface area contributed by atoms with Crippen LogP contribution in [0.4, 0.5) is 5.13 Å². The second-order valence-electron chi connectivity index (χ2n) is 6.35. The van der Waals surface area contributed by atoms with Crippen LogP contribution in [0.25, 0.3) is 10.6 Å². The van der Waals surface area contributed by atoms with Gasteiger partial charge in [0.15, 0.2) is 5.13 Å². The van der Waals surface area contributed by atoms with Crippen LogP contribution in [0.5, 0.6) is 0 Å². The average molecular weight is 488 g/mol. The molecular weight excluding hydrogens is 473 g/mol. The Morgan fingerprint density at radius 3 is 2.59 bits per heavy atom. The number of carbonyl (C=O) groups excluding carboxylic acids is 1. The Balaban J connectivity index is 1.56. The molecule has 1 fully saturated rings. The molecule has 1 N–H and O–H groups in total. The maximum atomic E-state index is 12.8. The molecule has 1 aliphatic heterocycles. The summed E-state index contributed by atoms with van der Waals surface area (Å²) >= 11 is 14.8. The Kier molecular flexibility index (Phi) is 5.97. The molecule has 1 aliphatic rings. The lowest BCUT2D eigenvalue weighted by Crippen LogP contribution is -2.28. The highest BCUT2D eigenvalue weighted by Gasteiger charge is 2.29. The van der Waals surface area contributed by atoms with E-state index in [1.165, 1.54) is 45.2 Å². The van der Waals surface area contributed by atoms with Gasteiger partial charge in [0.05, 0.1) is 19.9 Å². The maximum absolute atomic E-state index is 12.8. The van der Waals surface area contributed by atoms with Gasteiger partial charge in [-0.25, -0.2) is 13.4 Å². The lowest BCUT2D eigenvalue weighted by molar-refractivity contribution is 0.102. The highest BCUT2D eigenvalue weighted by molar-refractivity contribution is 7.89. The molecule has 3 heterocycles. The molecule has 4 rings (SSSR count). The Bertz CT molecular complexity index is 1170. The predicted octanol–water partition coefficient (Wildman–Crippen LogP) is 5.22. The standard InChI is InChI=1S/C18H15Cl2N3O3S3/c19-12-4-3-11(9-15(12)29(25,26)23-7-1-2-8-23)17(24)22-18-21-13(10-27-18)14-5-6-16(20)28-14/h3-6,9-10H,1-2,7-8H2,(H,21,22,24). The summed E-state index contributed by atoms with van der Waals surface area (Å²) in [6.07, 6.45) is 1.64. The van der Waals surface area contributed by atoms with Crippen molar-refractivity contribution in [1.82, 2.24) is 9.29 Å². The zero-order chi connectivity index (χ0) is 20.6. The molecule has 0 bridgehead atoms. The van der Waals surface area contributed by atoms with Crippen LogP contribution in [0.15, 0.2) is 40.6 Å². The van der Waals surface area contributed by atoms with Gasteiger partial charge in [0.25, 0.3) is 5.91 Å². The summed E-state index contributed by atoms with van der Waals surface area (Å²) in [4.78, 5) is 17.9. The summed E-state index contributed by atoms with van der Waals surface area (Å²) in [6, 6.07) is 7.89. The zero-order valence-electron chi connectivity index (χ0n) is 14.9. The van der Waals surface area contributed by atoms with Crippen LogP contribution in [-0.4, -0.2) is 36.7 Å². The molecule has 11 heteroatoms. The summed E-state index contributed by atoms with van der Waals surface area (Å²) in [5, 5.41) is 5.04. The quantitative estimate of drug-likeness (QED) is 0.535. The van der Waals surface area contributed by atoms with E-state index in [4.69, 9.17) is 23.2 Å². The van der Waals surface area contributed by atoms with E-state index in [1.54, 1.807) is 6.07 Å². The van der Waals surface area contributed by atoms with Crippen LogP contribution in [-0.2, 0) is 10.0 Å². The molecule has 0 unspecified atom stereocenters. The third kappa shape index (κ3) is 4.35. The minimum absolute atomic E-state index is 0.0539. The first-order valence-corrected chi connectivity index (χ1v) is 12.6. The Hall–Kier alpha value is -1.49. The molecule has 0 spiro atoms. The average Bonchev–Trinajstić information content (AvgIpc) is 3.43. The highest BCUT2D eigenvalue weighted by Crippen LogP contribution is 2.33. The van der Waals surface area contributed by atoms with Gasteiger partial charge in [0, 0.05) is 24.0 Å². The summed E-state index contributed by atoms with van der Waals surface area (Å²) < 4.78 is 27.7. The van der Waals surface area contributed by atoms with E-state index < -0.39 is 15.9 Å². The predicted molar refractivity (Wildman–Crippen MR) is 118 cm³/mol. The van der Waals surface area contributed by atoms with Crippen molar-refractivity contribution in [3.8, 4) is 10.6 Å². The summed E-state index contributed by atoms with van der Waals surface area (Å²) in [6.45, 7) is 0.924. The van der Waals surface area contributed by atoms with Crippen molar-refractivity contribution in [3.63, 3.8) is 0 Å². The van der Waals surface area contributed by atoms with Crippen LogP contribution < -0.4 is 5.32 Å². The van der Waals surface area contributed by atoms with Gasteiger partial charge in [-0.05, 0) is 43.2 Å². The van der Waals surface area contributed by atoms with Crippen LogP contribution in [0.2, 0.25) is 9.36 Å². The number of nitrogens with zero attached hydrogens (tertiary/aromatic N) is 2. The first-order chi connectivity index (χ1) is 13.8. The van der Waals surface area contributed by atoms with Crippen molar-refractivity contribution in [3.05, 3.63) is 50.6 Å². The zero-order valence-corrected chi connectivity index (χ0v) is 18.9. The number of amides is 1. The molecule has 3 aromatic rings. The van der Waals surface area contributed by atoms with Gasteiger partial charge < -0.3 is 0 Å². The number of anilines is 1. The first kappa shape index (κ1) is 20.8. The monoisotopic (exact) mass is 487 g/mol. The fourth-order valence-electron chi connectivity index (χ4n) is 2.98. The van der Waals surface area contributed by atoms with Crippen molar-refractivity contribution < 1.29 is 13.2 Å². The molecule has 2 aromatic heterocycles. The number of halogens is 2. The Morgan fingerprint density at radius 2 is 1.90 bits per heavy atom. The molecule has 0 saturated carbocycles. The van der Waals surface area contributed by atoms with Crippen molar-refractivity contribution in [1.29, 1.82) is 0 Å². The molecule has 1 aromatic carbocycles. The third-order valence-corrected chi connectivity index (χ3v) is 8.82. The minimum atomic E-state index is -3.73. The number of nitrogens with one attached hydrogen (secondary N) is 1. The lowest BCUT2D eigenvalue weighted by atomic mass is 10.2. The van der Waals surface area contributed by atoms with Crippen molar-refractivity contribution >= 4 is 66.9 Å². The van der Waals surface area contributed by atoms with E-state index in [-0.39, 0.29) is 15.5 Å². The van der Waals surface area contributed by atoms with E-state index in [2.05, 4.69) is 10.3 Å². The molecule has 1 amide bonds. The van der Waals surface area contributed by atoms with E-state index in [1.807, 2.05) is 11.4 Å². The van der Waals surface area contributed by atoms with Crippen molar-refractivity contribution in [2.45, 2.75) is 17.7 Å². The van der Waals surface area contributed by atoms with Gasteiger partial charge in [-0.2, -0.15) is 4.31 Å².